The van der Waals surface area contributed by atoms with Crippen molar-refractivity contribution in [1.82, 2.24) is 10.2 Å². The minimum Gasteiger partial charge on any atom is -0.444 e. The van der Waals surface area contributed by atoms with E-state index >= 15 is 0 Å². The molecule has 0 atom stereocenters. The molecule has 18 heavy (non-hydrogen) atoms. The first-order valence-electron chi connectivity index (χ1n) is 6.59. The van der Waals surface area contributed by atoms with Gasteiger partial charge in [0.1, 0.15) is 5.60 Å². The summed E-state index contributed by atoms with van der Waals surface area (Å²) in [4.78, 5) is 24.8. The van der Waals surface area contributed by atoms with Gasteiger partial charge < -0.3 is 15.0 Å². The van der Waals surface area contributed by atoms with E-state index in [-0.39, 0.29) is 18.0 Å². The molecule has 0 radical (unpaired) electrons. The first-order valence-corrected chi connectivity index (χ1v) is 6.59. The number of nitrogens with zero attached hydrogens (tertiary/aromatic N) is 1. The maximum Gasteiger partial charge on any atom is 0.410 e. The molecule has 0 bridgehead atoms. The van der Waals surface area contributed by atoms with Crippen molar-refractivity contribution in [1.29, 1.82) is 0 Å². The van der Waals surface area contributed by atoms with Crippen molar-refractivity contribution in [2.45, 2.75) is 58.6 Å². The molecule has 0 unspecified atom stereocenters. The number of nitrogens with one attached hydrogen (secondary N) is 1. The highest BCUT2D eigenvalue weighted by Gasteiger charge is 2.27. The number of carbonyl (C=O) groups is 2. The van der Waals surface area contributed by atoms with Crippen LogP contribution in [0.3, 0.4) is 0 Å². The number of piperidine rings is 1. The molecule has 0 aromatic rings. The standard InChI is InChI=1S/C13H24N2O3/c1-5-11(16)14-10-6-8-15(9-7-10)12(17)18-13(2,3)4/h10H,5-9H2,1-4H3,(H,14,16). The lowest BCUT2D eigenvalue weighted by atomic mass is 10.1. The number of hydrogen-bond donors (Lipinski definition) is 1. The Morgan fingerprint density at radius 2 is 1.83 bits per heavy atom. The molecular weight excluding hydrogens is 232 g/mol. The average Bonchev–Trinajstić information content (AvgIpc) is 2.27. The van der Waals surface area contributed by atoms with E-state index in [1.54, 1.807) is 4.90 Å². The van der Waals surface area contributed by atoms with E-state index in [1.165, 1.54) is 0 Å². The van der Waals surface area contributed by atoms with Crippen molar-refractivity contribution in [3.8, 4) is 0 Å². The summed E-state index contributed by atoms with van der Waals surface area (Å²) in [6.07, 6.45) is 1.84. The van der Waals surface area contributed by atoms with Gasteiger partial charge in [-0.3, -0.25) is 4.79 Å². The monoisotopic (exact) mass is 256 g/mol. The fraction of sp³-hybridized carbons (Fsp3) is 0.846. The molecule has 5 heteroatoms. The molecule has 1 heterocycles. The largest absolute Gasteiger partial charge is 0.444 e. The van der Waals surface area contributed by atoms with Crippen molar-refractivity contribution in [2.75, 3.05) is 13.1 Å². The summed E-state index contributed by atoms with van der Waals surface area (Å²) in [7, 11) is 0. The van der Waals surface area contributed by atoms with Gasteiger partial charge >= 0.3 is 6.09 Å². The van der Waals surface area contributed by atoms with Crippen LogP contribution in [-0.2, 0) is 9.53 Å². The topological polar surface area (TPSA) is 58.6 Å². The summed E-state index contributed by atoms with van der Waals surface area (Å²) in [6, 6.07) is 0.191. The average molecular weight is 256 g/mol. The minimum atomic E-state index is -0.454. The Morgan fingerprint density at radius 1 is 1.28 bits per heavy atom. The maximum atomic E-state index is 11.8. The summed E-state index contributed by atoms with van der Waals surface area (Å²) in [5, 5.41) is 2.96. The second-order valence-electron chi connectivity index (χ2n) is 5.66. The fourth-order valence-corrected chi connectivity index (χ4v) is 1.86. The van der Waals surface area contributed by atoms with Crippen LogP contribution in [0.15, 0.2) is 0 Å². The molecule has 0 saturated carbocycles. The van der Waals surface area contributed by atoms with Crippen LogP contribution in [-0.4, -0.2) is 41.6 Å². The van der Waals surface area contributed by atoms with Crippen LogP contribution in [0, 0.1) is 0 Å². The summed E-state index contributed by atoms with van der Waals surface area (Å²) in [5.41, 5.74) is -0.454. The van der Waals surface area contributed by atoms with Gasteiger partial charge in [-0.15, -0.1) is 0 Å². The highest BCUT2D eigenvalue weighted by molar-refractivity contribution is 5.75. The van der Waals surface area contributed by atoms with Crippen LogP contribution in [0.2, 0.25) is 0 Å². The fourth-order valence-electron chi connectivity index (χ4n) is 1.86. The predicted molar refractivity (Wildman–Crippen MR) is 69.3 cm³/mol. The maximum absolute atomic E-state index is 11.8. The molecular formula is C13H24N2O3. The van der Waals surface area contributed by atoms with Crippen molar-refractivity contribution in [2.24, 2.45) is 0 Å². The molecule has 0 aromatic heterocycles. The van der Waals surface area contributed by atoms with Gasteiger partial charge in [0, 0.05) is 25.6 Å². The zero-order valence-corrected chi connectivity index (χ0v) is 11.8. The van der Waals surface area contributed by atoms with Gasteiger partial charge in [-0.25, -0.2) is 4.79 Å². The molecule has 1 aliphatic rings. The molecule has 1 rings (SSSR count). The number of hydrogen-bond acceptors (Lipinski definition) is 3. The lowest BCUT2D eigenvalue weighted by Crippen LogP contribution is -2.47. The zero-order valence-electron chi connectivity index (χ0n) is 11.8. The summed E-state index contributed by atoms with van der Waals surface area (Å²) in [6.45, 7) is 8.70. The van der Waals surface area contributed by atoms with Gasteiger partial charge in [0.2, 0.25) is 5.91 Å². The van der Waals surface area contributed by atoms with Gasteiger partial charge in [-0.1, -0.05) is 6.92 Å². The lowest BCUT2D eigenvalue weighted by molar-refractivity contribution is -0.121. The summed E-state index contributed by atoms with van der Waals surface area (Å²) >= 11 is 0. The van der Waals surface area contributed by atoms with E-state index in [0.717, 1.165) is 12.8 Å². The van der Waals surface area contributed by atoms with E-state index < -0.39 is 5.60 Å². The first-order chi connectivity index (χ1) is 8.31. The quantitative estimate of drug-likeness (QED) is 0.821. The molecule has 2 amide bonds. The highest BCUT2D eigenvalue weighted by atomic mass is 16.6. The molecule has 1 fully saturated rings. The Kier molecular flexibility index (Phi) is 4.99. The van der Waals surface area contributed by atoms with Gasteiger partial charge in [0.05, 0.1) is 0 Å². The van der Waals surface area contributed by atoms with E-state index in [1.807, 2.05) is 27.7 Å². The molecule has 1 saturated heterocycles. The van der Waals surface area contributed by atoms with Crippen LogP contribution in [0.4, 0.5) is 4.79 Å². The van der Waals surface area contributed by atoms with E-state index in [2.05, 4.69) is 5.32 Å². The second kappa shape index (κ2) is 6.07. The van der Waals surface area contributed by atoms with Crippen LogP contribution in [0.5, 0.6) is 0 Å². The lowest BCUT2D eigenvalue weighted by Gasteiger charge is -2.33. The van der Waals surface area contributed by atoms with Crippen LogP contribution < -0.4 is 5.32 Å². The Bertz CT molecular complexity index is 302. The molecule has 0 aromatic carbocycles. The van der Waals surface area contributed by atoms with Gasteiger partial charge in [0.25, 0.3) is 0 Å². The van der Waals surface area contributed by atoms with Gasteiger partial charge in [-0.05, 0) is 33.6 Å². The van der Waals surface area contributed by atoms with E-state index in [0.29, 0.717) is 19.5 Å². The molecule has 1 N–H and O–H groups in total. The predicted octanol–water partition coefficient (Wildman–Crippen LogP) is 1.91. The van der Waals surface area contributed by atoms with E-state index in [4.69, 9.17) is 4.74 Å². The molecule has 5 nitrogen and oxygen atoms in total. The molecule has 0 spiro atoms. The molecule has 1 aliphatic heterocycles. The van der Waals surface area contributed by atoms with Crippen molar-refractivity contribution >= 4 is 12.0 Å². The van der Waals surface area contributed by atoms with Crippen LogP contribution in [0.25, 0.3) is 0 Å². The SMILES string of the molecule is CCC(=O)NC1CCN(C(=O)OC(C)(C)C)CC1. The summed E-state index contributed by atoms with van der Waals surface area (Å²) < 4.78 is 5.31. The Morgan fingerprint density at radius 3 is 2.28 bits per heavy atom. The Balaban J connectivity index is 2.35. The summed E-state index contributed by atoms with van der Waals surface area (Å²) in [5.74, 6) is 0.0747. The third-order valence-electron chi connectivity index (χ3n) is 2.83. The first kappa shape index (κ1) is 14.8. The van der Waals surface area contributed by atoms with Crippen molar-refractivity contribution in [3.05, 3.63) is 0 Å². The van der Waals surface area contributed by atoms with Gasteiger partial charge in [-0.2, -0.15) is 0 Å². The highest BCUT2D eigenvalue weighted by Crippen LogP contribution is 2.15. The van der Waals surface area contributed by atoms with Crippen molar-refractivity contribution < 1.29 is 14.3 Å². The number of likely N-dealkylation sites (tertiary alicyclic amines) is 1. The zero-order chi connectivity index (χ0) is 13.8. The third kappa shape index (κ3) is 4.94. The minimum absolute atomic E-state index is 0.0747. The number of rotatable bonds is 2. The normalized spacial score (nSPS) is 17.4. The number of amides is 2. The molecule has 104 valence electrons. The Hall–Kier alpha value is -1.26. The smallest absolute Gasteiger partial charge is 0.410 e. The molecule has 0 aliphatic carbocycles. The van der Waals surface area contributed by atoms with E-state index in [9.17, 15) is 9.59 Å². The van der Waals surface area contributed by atoms with Crippen molar-refractivity contribution in [3.63, 3.8) is 0 Å². The van der Waals surface area contributed by atoms with Crippen LogP contribution in [0.1, 0.15) is 47.0 Å². The second-order valence-corrected chi connectivity index (χ2v) is 5.66. The third-order valence-corrected chi connectivity index (χ3v) is 2.83. The number of carbonyl (C=O) groups excluding carboxylic acids is 2. The van der Waals surface area contributed by atoms with Gasteiger partial charge in [0.15, 0.2) is 0 Å². The Labute approximate surface area is 109 Å². The number of ether oxygens (including phenoxy) is 1. The van der Waals surface area contributed by atoms with Crippen LogP contribution >= 0.6 is 0 Å².